The summed E-state index contributed by atoms with van der Waals surface area (Å²) < 4.78 is 2.22. The minimum absolute atomic E-state index is 0.576. The van der Waals surface area contributed by atoms with Crippen LogP contribution in [-0.2, 0) is 6.54 Å². The van der Waals surface area contributed by atoms with Crippen LogP contribution in [0.2, 0.25) is 0 Å². The number of benzene rings is 2. The minimum atomic E-state index is 0.576. The quantitative estimate of drug-likeness (QED) is 0.699. The average molecular weight is 264 g/mol. The monoisotopic (exact) mass is 264 g/mol. The Morgan fingerprint density at radius 2 is 1.75 bits per heavy atom. The molecule has 3 aromatic rings. The van der Waals surface area contributed by atoms with Crippen LogP contribution in [0.5, 0.6) is 0 Å². The predicted molar refractivity (Wildman–Crippen MR) is 86.0 cm³/mol. The molecule has 2 N–H and O–H groups in total. The van der Waals surface area contributed by atoms with Crippen molar-refractivity contribution < 1.29 is 0 Å². The van der Waals surface area contributed by atoms with Crippen molar-refractivity contribution in [3.8, 4) is 0 Å². The van der Waals surface area contributed by atoms with Gasteiger partial charge in [-0.25, -0.2) is 0 Å². The molecule has 2 nitrogen and oxygen atoms in total. The van der Waals surface area contributed by atoms with Gasteiger partial charge in [-0.05, 0) is 29.2 Å². The number of fused-ring (bicyclic) bond motifs is 1. The third-order valence-electron chi connectivity index (χ3n) is 3.82. The lowest BCUT2D eigenvalue weighted by Gasteiger charge is -2.10. The molecule has 0 aliphatic rings. The maximum Gasteiger partial charge on any atom is 0.0716 e. The van der Waals surface area contributed by atoms with Crippen molar-refractivity contribution in [1.29, 1.82) is 0 Å². The van der Waals surface area contributed by atoms with Gasteiger partial charge in [0.25, 0.3) is 0 Å². The summed E-state index contributed by atoms with van der Waals surface area (Å²) in [6.45, 7) is 5.29. The first-order valence-corrected chi connectivity index (χ1v) is 7.07. The Balaban J connectivity index is 1.93. The second-order valence-electron chi connectivity index (χ2n) is 5.62. The highest BCUT2D eigenvalue weighted by atomic mass is 15.0. The number of nitrogens with two attached hydrogens (primary N) is 1. The molecule has 1 heterocycles. The van der Waals surface area contributed by atoms with E-state index in [4.69, 9.17) is 5.73 Å². The highest BCUT2D eigenvalue weighted by Gasteiger charge is 2.05. The van der Waals surface area contributed by atoms with Crippen molar-refractivity contribution >= 4 is 16.6 Å². The fraction of sp³-hybridized carbons (Fsp3) is 0.222. The summed E-state index contributed by atoms with van der Waals surface area (Å²) in [6, 6.07) is 17.0. The zero-order chi connectivity index (χ0) is 14.1. The fourth-order valence-electron chi connectivity index (χ4n) is 2.63. The first-order chi connectivity index (χ1) is 9.65. The van der Waals surface area contributed by atoms with Crippen LogP contribution in [0.4, 0.5) is 5.69 Å². The summed E-state index contributed by atoms with van der Waals surface area (Å²) in [5.74, 6) is 0.576. The molecule has 0 saturated carbocycles. The van der Waals surface area contributed by atoms with E-state index in [2.05, 4.69) is 61.0 Å². The molecule has 2 heteroatoms. The third-order valence-corrected chi connectivity index (χ3v) is 3.82. The van der Waals surface area contributed by atoms with E-state index in [9.17, 15) is 0 Å². The van der Waals surface area contributed by atoms with Crippen molar-refractivity contribution in [3.63, 3.8) is 0 Å². The van der Waals surface area contributed by atoms with Gasteiger partial charge in [-0.3, -0.25) is 0 Å². The molecular formula is C18H20N2. The van der Waals surface area contributed by atoms with Crippen LogP contribution in [0.15, 0.2) is 54.7 Å². The number of anilines is 1. The molecular weight excluding hydrogens is 244 g/mol. The standard InChI is InChI=1S/C18H20N2/c1-13(2)15-8-6-14(7-9-15)12-20-11-10-16-4-3-5-17(19)18(16)20/h3-11,13H,12,19H2,1-2H3. The molecule has 0 atom stereocenters. The number of rotatable bonds is 3. The van der Waals surface area contributed by atoms with Crippen molar-refractivity contribution in [2.75, 3.05) is 5.73 Å². The van der Waals surface area contributed by atoms with E-state index in [1.807, 2.05) is 12.1 Å². The highest BCUT2D eigenvalue weighted by Crippen LogP contribution is 2.23. The minimum Gasteiger partial charge on any atom is -0.397 e. The lowest BCUT2D eigenvalue weighted by molar-refractivity contribution is 0.829. The van der Waals surface area contributed by atoms with Gasteiger partial charge in [0.05, 0.1) is 11.2 Å². The van der Waals surface area contributed by atoms with Crippen molar-refractivity contribution in [1.82, 2.24) is 4.57 Å². The van der Waals surface area contributed by atoms with Gasteiger partial charge in [0, 0.05) is 18.1 Å². The molecule has 0 aliphatic carbocycles. The summed E-state index contributed by atoms with van der Waals surface area (Å²) in [6.07, 6.45) is 2.11. The largest absolute Gasteiger partial charge is 0.397 e. The fourth-order valence-corrected chi connectivity index (χ4v) is 2.63. The molecule has 0 radical (unpaired) electrons. The van der Waals surface area contributed by atoms with E-state index in [1.54, 1.807) is 0 Å². The average Bonchev–Trinajstić information content (AvgIpc) is 2.84. The number of hydrogen-bond donors (Lipinski definition) is 1. The predicted octanol–water partition coefficient (Wildman–Crippen LogP) is 4.40. The molecule has 0 unspecified atom stereocenters. The third kappa shape index (κ3) is 2.29. The van der Waals surface area contributed by atoms with Gasteiger partial charge in [0.15, 0.2) is 0 Å². The molecule has 0 spiro atoms. The first kappa shape index (κ1) is 12.8. The molecule has 20 heavy (non-hydrogen) atoms. The van der Waals surface area contributed by atoms with Gasteiger partial charge >= 0.3 is 0 Å². The first-order valence-electron chi connectivity index (χ1n) is 7.07. The Morgan fingerprint density at radius 1 is 1.00 bits per heavy atom. The second kappa shape index (κ2) is 5.04. The highest BCUT2D eigenvalue weighted by molar-refractivity contribution is 5.90. The lowest BCUT2D eigenvalue weighted by atomic mass is 10.0. The van der Waals surface area contributed by atoms with Crippen molar-refractivity contribution in [2.24, 2.45) is 0 Å². The van der Waals surface area contributed by atoms with E-state index in [0.717, 1.165) is 17.7 Å². The molecule has 0 saturated heterocycles. The van der Waals surface area contributed by atoms with E-state index in [0.29, 0.717) is 5.92 Å². The van der Waals surface area contributed by atoms with E-state index >= 15 is 0 Å². The van der Waals surface area contributed by atoms with Crippen LogP contribution in [0.25, 0.3) is 10.9 Å². The molecule has 0 fully saturated rings. The van der Waals surface area contributed by atoms with Gasteiger partial charge in [-0.1, -0.05) is 50.2 Å². The Kier molecular flexibility index (Phi) is 3.23. The molecule has 0 bridgehead atoms. The van der Waals surface area contributed by atoms with Gasteiger partial charge in [-0.15, -0.1) is 0 Å². The molecule has 3 rings (SSSR count). The SMILES string of the molecule is CC(C)c1ccc(Cn2ccc3cccc(N)c32)cc1. The topological polar surface area (TPSA) is 30.9 Å². The van der Waals surface area contributed by atoms with Gasteiger partial charge in [0.1, 0.15) is 0 Å². The van der Waals surface area contributed by atoms with Crippen LogP contribution in [0.3, 0.4) is 0 Å². The van der Waals surface area contributed by atoms with Crippen LogP contribution >= 0.6 is 0 Å². The number of nitrogens with zero attached hydrogens (tertiary/aromatic N) is 1. The van der Waals surface area contributed by atoms with E-state index in [-0.39, 0.29) is 0 Å². The van der Waals surface area contributed by atoms with E-state index in [1.165, 1.54) is 16.5 Å². The van der Waals surface area contributed by atoms with Crippen molar-refractivity contribution in [3.05, 3.63) is 65.9 Å². The lowest BCUT2D eigenvalue weighted by Crippen LogP contribution is -2.00. The summed E-state index contributed by atoms with van der Waals surface area (Å²) in [5.41, 5.74) is 10.7. The molecule has 102 valence electrons. The maximum atomic E-state index is 6.10. The van der Waals surface area contributed by atoms with Gasteiger partial charge in [-0.2, -0.15) is 0 Å². The molecule has 0 aliphatic heterocycles. The molecule has 2 aromatic carbocycles. The van der Waals surface area contributed by atoms with Crippen LogP contribution in [-0.4, -0.2) is 4.57 Å². The Bertz CT molecular complexity index is 721. The Hall–Kier alpha value is -2.22. The van der Waals surface area contributed by atoms with Gasteiger partial charge < -0.3 is 10.3 Å². The van der Waals surface area contributed by atoms with Crippen molar-refractivity contribution in [2.45, 2.75) is 26.3 Å². The summed E-state index contributed by atoms with van der Waals surface area (Å²) in [4.78, 5) is 0. The number of hydrogen-bond acceptors (Lipinski definition) is 1. The zero-order valence-corrected chi connectivity index (χ0v) is 12.0. The number of aromatic nitrogens is 1. The normalized spacial score (nSPS) is 11.3. The second-order valence-corrected chi connectivity index (χ2v) is 5.62. The maximum absolute atomic E-state index is 6.10. The van der Waals surface area contributed by atoms with Gasteiger partial charge in [0.2, 0.25) is 0 Å². The molecule has 1 aromatic heterocycles. The Morgan fingerprint density at radius 3 is 2.45 bits per heavy atom. The smallest absolute Gasteiger partial charge is 0.0716 e. The number of para-hydroxylation sites is 1. The van der Waals surface area contributed by atoms with E-state index < -0.39 is 0 Å². The zero-order valence-electron chi connectivity index (χ0n) is 12.0. The van der Waals surface area contributed by atoms with Crippen LogP contribution in [0.1, 0.15) is 30.9 Å². The van der Waals surface area contributed by atoms with Crippen LogP contribution < -0.4 is 5.73 Å². The summed E-state index contributed by atoms with van der Waals surface area (Å²) in [7, 11) is 0. The Labute approximate surface area is 119 Å². The summed E-state index contributed by atoms with van der Waals surface area (Å²) >= 11 is 0. The molecule has 0 amide bonds. The summed E-state index contributed by atoms with van der Waals surface area (Å²) in [5, 5.41) is 1.20. The van der Waals surface area contributed by atoms with Crippen LogP contribution in [0, 0.1) is 0 Å². The number of nitrogen functional groups attached to an aromatic ring is 1.